The second-order valence-electron chi connectivity index (χ2n) is 4.43. The Balaban J connectivity index is 2.78. The van der Waals surface area contributed by atoms with Crippen LogP contribution in [-0.2, 0) is 0 Å². The summed E-state index contributed by atoms with van der Waals surface area (Å²) < 4.78 is 26.5. The summed E-state index contributed by atoms with van der Waals surface area (Å²) in [5.41, 5.74) is -0.490. The van der Waals surface area contributed by atoms with Crippen LogP contribution in [0.5, 0.6) is 0 Å². The predicted molar refractivity (Wildman–Crippen MR) is 65.5 cm³/mol. The second kappa shape index (κ2) is 4.74. The van der Waals surface area contributed by atoms with Gasteiger partial charge in [0.25, 0.3) is 0 Å². The lowest BCUT2D eigenvalue weighted by Crippen LogP contribution is -2.43. The van der Waals surface area contributed by atoms with E-state index >= 15 is 0 Å². The molecular formula is C11H14F2N2S. The summed E-state index contributed by atoms with van der Waals surface area (Å²) in [5, 5.41) is 5.61. The SMILES string of the molecule is CC(C)(C)NC(=S)Nc1c(F)cccc1F. The third-order valence-corrected chi connectivity index (χ3v) is 1.89. The van der Waals surface area contributed by atoms with E-state index in [1.54, 1.807) is 0 Å². The summed E-state index contributed by atoms with van der Waals surface area (Å²) >= 11 is 4.95. The number of para-hydroxylation sites is 1. The molecule has 1 aromatic carbocycles. The van der Waals surface area contributed by atoms with Crippen LogP contribution in [0.3, 0.4) is 0 Å². The third-order valence-electron chi connectivity index (χ3n) is 1.69. The van der Waals surface area contributed by atoms with Crippen LogP contribution in [0.1, 0.15) is 20.8 Å². The van der Waals surface area contributed by atoms with E-state index < -0.39 is 11.6 Å². The molecule has 16 heavy (non-hydrogen) atoms. The van der Waals surface area contributed by atoms with E-state index in [-0.39, 0.29) is 16.3 Å². The van der Waals surface area contributed by atoms with Crippen molar-refractivity contribution in [3.8, 4) is 0 Å². The van der Waals surface area contributed by atoms with E-state index in [0.717, 1.165) is 0 Å². The molecule has 1 aromatic rings. The molecular weight excluding hydrogens is 230 g/mol. The van der Waals surface area contributed by atoms with Crippen LogP contribution in [0.25, 0.3) is 0 Å². The van der Waals surface area contributed by atoms with Crippen molar-refractivity contribution in [1.82, 2.24) is 5.32 Å². The van der Waals surface area contributed by atoms with Gasteiger partial charge in [0.1, 0.15) is 17.3 Å². The highest BCUT2D eigenvalue weighted by Crippen LogP contribution is 2.17. The summed E-state index contributed by atoms with van der Waals surface area (Å²) in [4.78, 5) is 0. The molecule has 0 aliphatic rings. The van der Waals surface area contributed by atoms with Gasteiger partial charge in [0.2, 0.25) is 0 Å². The van der Waals surface area contributed by atoms with Gasteiger partial charge >= 0.3 is 0 Å². The maximum atomic E-state index is 13.3. The zero-order chi connectivity index (χ0) is 12.3. The molecule has 0 atom stereocenters. The standard InChI is InChI=1S/C11H14F2N2S/c1-11(2,3)15-10(16)14-9-7(12)5-4-6-8(9)13/h4-6H,1-3H3,(H2,14,15,16). The minimum atomic E-state index is -0.668. The van der Waals surface area contributed by atoms with E-state index in [1.807, 2.05) is 20.8 Å². The largest absolute Gasteiger partial charge is 0.358 e. The first-order valence-corrected chi connectivity index (χ1v) is 5.23. The highest BCUT2D eigenvalue weighted by molar-refractivity contribution is 7.80. The summed E-state index contributed by atoms with van der Waals surface area (Å²) in [7, 11) is 0. The highest BCUT2D eigenvalue weighted by atomic mass is 32.1. The molecule has 88 valence electrons. The molecule has 0 saturated heterocycles. The van der Waals surface area contributed by atoms with Crippen molar-refractivity contribution in [1.29, 1.82) is 0 Å². The molecule has 2 N–H and O–H groups in total. The van der Waals surface area contributed by atoms with Gasteiger partial charge in [0, 0.05) is 5.54 Å². The molecule has 0 spiro atoms. The van der Waals surface area contributed by atoms with E-state index in [9.17, 15) is 8.78 Å². The van der Waals surface area contributed by atoms with Gasteiger partial charge in [0.15, 0.2) is 5.11 Å². The fraction of sp³-hybridized carbons (Fsp3) is 0.364. The van der Waals surface area contributed by atoms with Gasteiger partial charge in [-0.15, -0.1) is 0 Å². The van der Waals surface area contributed by atoms with Crippen LogP contribution in [0, 0.1) is 11.6 Å². The molecule has 0 amide bonds. The van der Waals surface area contributed by atoms with Crippen molar-refractivity contribution in [2.24, 2.45) is 0 Å². The highest BCUT2D eigenvalue weighted by Gasteiger charge is 2.14. The van der Waals surface area contributed by atoms with Crippen LogP contribution in [0.2, 0.25) is 0 Å². The number of rotatable bonds is 1. The molecule has 0 radical (unpaired) electrons. The number of nitrogens with one attached hydrogen (secondary N) is 2. The normalized spacial score (nSPS) is 11.1. The first-order chi connectivity index (χ1) is 7.29. The smallest absolute Gasteiger partial charge is 0.171 e. The average molecular weight is 244 g/mol. The molecule has 0 aliphatic carbocycles. The van der Waals surface area contributed by atoms with Gasteiger partial charge in [-0.25, -0.2) is 8.78 Å². The number of hydrogen-bond donors (Lipinski definition) is 2. The topological polar surface area (TPSA) is 24.1 Å². The quantitative estimate of drug-likeness (QED) is 0.742. The Labute approximate surface area is 99.0 Å². The Bertz CT molecular complexity index is 379. The van der Waals surface area contributed by atoms with Crippen LogP contribution in [0.15, 0.2) is 18.2 Å². The molecule has 0 heterocycles. The van der Waals surface area contributed by atoms with E-state index in [2.05, 4.69) is 10.6 Å². The van der Waals surface area contributed by atoms with Crippen molar-refractivity contribution in [3.63, 3.8) is 0 Å². The minimum absolute atomic E-state index is 0.191. The maximum absolute atomic E-state index is 13.3. The summed E-state index contributed by atoms with van der Waals surface area (Å²) in [5.74, 6) is -1.34. The minimum Gasteiger partial charge on any atom is -0.358 e. The predicted octanol–water partition coefficient (Wildman–Crippen LogP) is 3.05. The van der Waals surface area contributed by atoms with E-state index in [0.29, 0.717) is 0 Å². The Morgan fingerprint density at radius 1 is 1.19 bits per heavy atom. The fourth-order valence-electron chi connectivity index (χ4n) is 1.10. The first kappa shape index (κ1) is 12.8. The second-order valence-corrected chi connectivity index (χ2v) is 4.83. The van der Waals surface area contributed by atoms with Crippen LogP contribution >= 0.6 is 12.2 Å². The monoisotopic (exact) mass is 244 g/mol. The van der Waals surface area contributed by atoms with Gasteiger partial charge in [-0.2, -0.15) is 0 Å². The van der Waals surface area contributed by atoms with Gasteiger partial charge in [0.05, 0.1) is 0 Å². The fourth-order valence-corrected chi connectivity index (χ4v) is 1.51. The Morgan fingerprint density at radius 2 is 1.69 bits per heavy atom. The van der Waals surface area contributed by atoms with Crippen molar-refractivity contribution >= 4 is 23.0 Å². The molecule has 0 bridgehead atoms. The number of benzene rings is 1. The van der Waals surface area contributed by atoms with Gasteiger partial charge < -0.3 is 10.6 Å². The van der Waals surface area contributed by atoms with E-state index in [4.69, 9.17) is 12.2 Å². The van der Waals surface area contributed by atoms with Gasteiger partial charge in [-0.05, 0) is 45.1 Å². The molecule has 1 rings (SSSR count). The molecule has 0 saturated carbocycles. The van der Waals surface area contributed by atoms with Gasteiger partial charge in [-0.1, -0.05) is 6.07 Å². The summed E-state index contributed by atoms with van der Waals surface area (Å²) in [6.45, 7) is 5.70. The molecule has 0 fully saturated rings. The van der Waals surface area contributed by atoms with Crippen molar-refractivity contribution < 1.29 is 8.78 Å². The van der Waals surface area contributed by atoms with Crippen LogP contribution in [0.4, 0.5) is 14.5 Å². The Morgan fingerprint density at radius 3 is 2.12 bits per heavy atom. The number of thiocarbonyl (C=S) groups is 1. The molecule has 0 aromatic heterocycles. The Kier molecular flexibility index (Phi) is 3.80. The summed E-state index contributed by atoms with van der Waals surface area (Å²) in [6.07, 6.45) is 0. The first-order valence-electron chi connectivity index (χ1n) is 4.83. The number of hydrogen-bond acceptors (Lipinski definition) is 1. The lowest BCUT2D eigenvalue weighted by molar-refractivity contribution is 0.514. The molecule has 2 nitrogen and oxygen atoms in total. The summed E-state index contributed by atoms with van der Waals surface area (Å²) in [6, 6.07) is 3.65. The van der Waals surface area contributed by atoms with E-state index in [1.165, 1.54) is 18.2 Å². The zero-order valence-corrected chi connectivity index (χ0v) is 10.2. The molecule has 5 heteroatoms. The molecule has 0 unspecified atom stereocenters. The lowest BCUT2D eigenvalue weighted by Gasteiger charge is -2.23. The third kappa shape index (κ3) is 3.73. The van der Waals surface area contributed by atoms with Crippen molar-refractivity contribution in [2.75, 3.05) is 5.32 Å². The Hall–Kier alpha value is -1.23. The van der Waals surface area contributed by atoms with Gasteiger partial charge in [-0.3, -0.25) is 0 Å². The maximum Gasteiger partial charge on any atom is 0.171 e. The average Bonchev–Trinajstić information content (AvgIpc) is 2.08. The van der Waals surface area contributed by atoms with Crippen molar-refractivity contribution in [2.45, 2.75) is 26.3 Å². The number of halogens is 2. The zero-order valence-electron chi connectivity index (χ0n) is 9.40. The lowest BCUT2D eigenvalue weighted by atomic mass is 10.1. The number of anilines is 1. The molecule has 0 aliphatic heterocycles. The van der Waals surface area contributed by atoms with Crippen LogP contribution in [-0.4, -0.2) is 10.7 Å². The van der Waals surface area contributed by atoms with Crippen LogP contribution < -0.4 is 10.6 Å². The van der Waals surface area contributed by atoms with Crippen molar-refractivity contribution in [3.05, 3.63) is 29.8 Å².